The summed E-state index contributed by atoms with van der Waals surface area (Å²) in [5.74, 6) is -0.888. The van der Waals surface area contributed by atoms with Gasteiger partial charge in [-0.1, -0.05) is 6.07 Å². The molecule has 1 aliphatic rings. The Morgan fingerprint density at radius 1 is 1.23 bits per heavy atom. The van der Waals surface area contributed by atoms with Crippen molar-refractivity contribution in [2.45, 2.75) is 25.8 Å². The molecule has 0 aliphatic carbocycles. The Balaban J connectivity index is 1.93. The molecule has 136 valence electrons. The molecule has 1 aliphatic heterocycles. The number of nitrogens with zero attached hydrogens (tertiary/aromatic N) is 2. The molecule has 1 aromatic carbocycles. The van der Waals surface area contributed by atoms with Crippen LogP contribution in [0.2, 0.25) is 0 Å². The molecule has 2 aromatic rings. The van der Waals surface area contributed by atoms with E-state index in [9.17, 15) is 14.7 Å². The van der Waals surface area contributed by atoms with Gasteiger partial charge in [0.1, 0.15) is 5.75 Å². The molecule has 1 aromatic heterocycles. The molecule has 1 N–H and O–H groups in total. The molecule has 0 bridgehead atoms. The van der Waals surface area contributed by atoms with Crippen molar-refractivity contribution >= 4 is 11.9 Å². The van der Waals surface area contributed by atoms with Gasteiger partial charge in [-0.15, -0.1) is 0 Å². The second-order valence-corrected chi connectivity index (χ2v) is 6.55. The summed E-state index contributed by atoms with van der Waals surface area (Å²) in [4.78, 5) is 30.4. The van der Waals surface area contributed by atoms with Gasteiger partial charge in [0, 0.05) is 29.9 Å². The predicted octanol–water partition coefficient (Wildman–Crippen LogP) is 3.08. The molecule has 2 atom stereocenters. The number of likely N-dealkylation sites (tertiary alicyclic amines) is 1. The number of hydrogen-bond acceptors (Lipinski definition) is 4. The number of pyridine rings is 1. The summed E-state index contributed by atoms with van der Waals surface area (Å²) >= 11 is 0. The molecule has 26 heavy (non-hydrogen) atoms. The molecular formula is C20H22N2O4. The number of benzene rings is 1. The number of carbonyl (C=O) groups is 2. The average Bonchev–Trinajstić information content (AvgIpc) is 2.67. The number of carboxylic acids is 1. The van der Waals surface area contributed by atoms with Crippen LogP contribution in [0.25, 0.3) is 11.3 Å². The molecule has 2 heterocycles. The number of aliphatic carboxylic acids is 1. The zero-order valence-electron chi connectivity index (χ0n) is 14.9. The van der Waals surface area contributed by atoms with Gasteiger partial charge < -0.3 is 14.7 Å². The fourth-order valence-corrected chi connectivity index (χ4v) is 3.32. The largest absolute Gasteiger partial charge is 0.496 e. The molecule has 0 saturated carbocycles. The minimum absolute atomic E-state index is 0.0125. The minimum Gasteiger partial charge on any atom is -0.496 e. The molecule has 0 radical (unpaired) electrons. The third-order valence-electron chi connectivity index (χ3n) is 4.88. The van der Waals surface area contributed by atoms with Crippen molar-refractivity contribution in [3.63, 3.8) is 0 Å². The SMILES string of the molecule is COc1ccc(C(=O)N2CC(C(=O)O)CCC2C)cc1-c1ccccn1. The molecule has 0 spiro atoms. The van der Waals surface area contributed by atoms with Gasteiger partial charge in [-0.25, -0.2) is 0 Å². The first-order valence-electron chi connectivity index (χ1n) is 8.64. The summed E-state index contributed by atoms with van der Waals surface area (Å²) in [5, 5.41) is 9.29. The quantitative estimate of drug-likeness (QED) is 0.913. The fourth-order valence-electron chi connectivity index (χ4n) is 3.32. The molecule has 6 heteroatoms. The second-order valence-electron chi connectivity index (χ2n) is 6.55. The summed E-state index contributed by atoms with van der Waals surface area (Å²) in [6.45, 7) is 2.19. The van der Waals surface area contributed by atoms with E-state index in [-0.39, 0.29) is 18.5 Å². The van der Waals surface area contributed by atoms with Crippen LogP contribution in [0.4, 0.5) is 0 Å². The van der Waals surface area contributed by atoms with E-state index in [0.29, 0.717) is 29.8 Å². The van der Waals surface area contributed by atoms with Gasteiger partial charge in [0.2, 0.25) is 0 Å². The normalized spacial score (nSPS) is 19.8. The Morgan fingerprint density at radius 2 is 2.04 bits per heavy atom. The van der Waals surface area contributed by atoms with Gasteiger partial charge >= 0.3 is 5.97 Å². The molecule has 3 rings (SSSR count). The van der Waals surface area contributed by atoms with E-state index in [1.165, 1.54) is 0 Å². The van der Waals surface area contributed by atoms with Crippen LogP contribution in [0.1, 0.15) is 30.1 Å². The highest BCUT2D eigenvalue weighted by Crippen LogP contribution is 2.31. The van der Waals surface area contributed by atoms with Crippen molar-refractivity contribution in [2.75, 3.05) is 13.7 Å². The smallest absolute Gasteiger partial charge is 0.308 e. The minimum atomic E-state index is -0.849. The highest BCUT2D eigenvalue weighted by Gasteiger charge is 2.33. The number of rotatable bonds is 4. The summed E-state index contributed by atoms with van der Waals surface area (Å²) < 4.78 is 5.41. The van der Waals surface area contributed by atoms with Crippen LogP contribution in [0.5, 0.6) is 5.75 Å². The predicted molar refractivity (Wildman–Crippen MR) is 97.1 cm³/mol. The van der Waals surface area contributed by atoms with Crippen molar-refractivity contribution in [3.05, 3.63) is 48.2 Å². The average molecular weight is 354 g/mol. The van der Waals surface area contributed by atoms with Crippen LogP contribution in [0.15, 0.2) is 42.6 Å². The number of aromatic nitrogens is 1. The number of methoxy groups -OCH3 is 1. The Morgan fingerprint density at radius 3 is 2.69 bits per heavy atom. The molecule has 1 saturated heterocycles. The zero-order valence-corrected chi connectivity index (χ0v) is 14.9. The Bertz CT molecular complexity index is 807. The monoisotopic (exact) mass is 354 g/mol. The Hall–Kier alpha value is -2.89. The van der Waals surface area contributed by atoms with Crippen LogP contribution >= 0.6 is 0 Å². The number of hydrogen-bond donors (Lipinski definition) is 1. The van der Waals surface area contributed by atoms with Crippen LogP contribution in [-0.4, -0.2) is 46.6 Å². The van der Waals surface area contributed by atoms with Gasteiger partial charge in [-0.2, -0.15) is 0 Å². The lowest BCUT2D eigenvalue weighted by atomic mass is 9.92. The van der Waals surface area contributed by atoms with E-state index >= 15 is 0 Å². The number of amides is 1. The number of piperidine rings is 1. The van der Waals surface area contributed by atoms with Crippen molar-refractivity contribution in [1.82, 2.24) is 9.88 Å². The van der Waals surface area contributed by atoms with Crippen molar-refractivity contribution in [3.8, 4) is 17.0 Å². The van der Waals surface area contributed by atoms with Crippen LogP contribution < -0.4 is 4.74 Å². The lowest BCUT2D eigenvalue weighted by Gasteiger charge is -2.36. The molecule has 2 unspecified atom stereocenters. The highest BCUT2D eigenvalue weighted by molar-refractivity contribution is 5.96. The number of ether oxygens (including phenoxy) is 1. The summed E-state index contributed by atoms with van der Waals surface area (Å²) in [6, 6.07) is 10.8. The first-order chi connectivity index (χ1) is 12.5. The van der Waals surface area contributed by atoms with Gasteiger partial charge in [0.25, 0.3) is 5.91 Å². The van der Waals surface area contributed by atoms with Crippen molar-refractivity contribution in [2.24, 2.45) is 5.92 Å². The van der Waals surface area contributed by atoms with E-state index in [1.807, 2.05) is 25.1 Å². The van der Waals surface area contributed by atoms with E-state index in [4.69, 9.17) is 4.74 Å². The third kappa shape index (κ3) is 3.54. The standard InChI is InChI=1S/C20H22N2O4/c1-13-6-7-15(20(24)25)12-22(13)19(23)14-8-9-18(26-2)16(11-14)17-5-3-4-10-21-17/h3-5,8-11,13,15H,6-7,12H2,1-2H3,(H,24,25). The molecule has 6 nitrogen and oxygen atoms in total. The number of carbonyl (C=O) groups excluding carboxylic acids is 1. The number of carboxylic acid groups (broad SMARTS) is 1. The van der Waals surface area contributed by atoms with Crippen LogP contribution in [-0.2, 0) is 4.79 Å². The fraction of sp³-hybridized carbons (Fsp3) is 0.350. The van der Waals surface area contributed by atoms with Gasteiger partial charge in [0.05, 0.1) is 18.7 Å². The van der Waals surface area contributed by atoms with Gasteiger partial charge in [0.15, 0.2) is 0 Å². The molecule has 1 fully saturated rings. The summed E-state index contributed by atoms with van der Waals surface area (Å²) in [5.41, 5.74) is 1.96. The first-order valence-corrected chi connectivity index (χ1v) is 8.64. The zero-order chi connectivity index (χ0) is 18.7. The van der Waals surface area contributed by atoms with E-state index in [1.54, 1.807) is 36.4 Å². The Labute approximate surface area is 152 Å². The van der Waals surface area contributed by atoms with Gasteiger partial charge in [-0.3, -0.25) is 14.6 Å². The maximum absolute atomic E-state index is 13.0. The maximum Gasteiger partial charge on any atom is 0.308 e. The summed E-state index contributed by atoms with van der Waals surface area (Å²) in [6.07, 6.45) is 2.97. The van der Waals surface area contributed by atoms with E-state index in [2.05, 4.69) is 4.98 Å². The lowest BCUT2D eigenvalue weighted by Crippen LogP contribution is -2.47. The Kier molecular flexibility index (Phi) is 5.21. The maximum atomic E-state index is 13.0. The van der Waals surface area contributed by atoms with Crippen molar-refractivity contribution in [1.29, 1.82) is 0 Å². The lowest BCUT2D eigenvalue weighted by molar-refractivity contribution is -0.143. The van der Waals surface area contributed by atoms with Crippen LogP contribution in [0.3, 0.4) is 0 Å². The second kappa shape index (κ2) is 7.56. The summed E-state index contributed by atoms with van der Waals surface area (Å²) in [7, 11) is 1.58. The molecule has 1 amide bonds. The van der Waals surface area contributed by atoms with Crippen LogP contribution in [0, 0.1) is 5.92 Å². The third-order valence-corrected chi connectivity index (χ3v) is 4.88. The van der Waals surface area contributed by atoms with Gasteiger partial charge in [-0.05, 0) is 50.1 Å². The first kappa shape index (κ1) is 17.9. The van der Waals surface area contributed by atoms with Crippen molar-refractivity contribution < 1.29 is 19.4 Å². The topological polar surface area (TPSA) is 79.7 Å². The van der Waals surface area contributed by atoms with E-state index in [0.717, 1.165) is 5.56 Å². The van der Waals surface area contributed by atoms with E-state index < -0.39 is 11.9 Å². The highest BCUT2D eigenvalue weighted by atomic mass is 16.5. The molecular weight excluding hydrogens is 332 g/mol.